The molecule has 1 aromatic rings. The van der Waals surface area contributed by atoms with Gasteiger partial charge in [0, 0.05) is 13.0 Å². The van der Waals surface area contributed by atoms with Crippen molar-refractivity contribution in [2.45, 2.75) is 25.8 Å². The monoisotopic (exact) mass is 276 g/mol. The lowest BCUT2D eigenvalue weighted by atomic mass is 9.88. The second-order valence-corrected chi connectivity index (χ2v) is 5.54. The molecule has 1 unspecified atom stereocenters. The van der Waals surface area contributed by atoms with Crippen molar-refractivity contribution in [3.8, 4) is 0 Å². The van der Waals surface area contributed by atoms with Crippen LogP contribution >= 0.6 is 0 Å². The Bertz CT molecular complexity index is 481. The molecule has 5 heteroatoms. The largest absolute Gasteiger partial charge is 0.480 e. The van der Waals surface area contributed by atoms with Gasteiger partial charge in [-0.1, -0.05) is 30.3 Å². The van der Waals surface area contributed by atoms with Gasteiger partial charge in [0.1, 0.15) is 6.04 Å². The Kier molecular flexibility index (Phi) is 4.39. The van der Waals surface area contributed by atoms with Crippen molar-refractivity contribution in [3.63, 3.8) is 0 Å². The summed E-state index contributed by atoms with van der Waals surface area (Å²) >= 11 is 0. The molecule has 108 valence electrons. The van der Waals surface area contributed by atoms with Crippen molar-refractivity contribution < 1.29 is 14.7 Å². The van der Waals surface area contributed by atoms with Gasteiger partial charge in [-0.05, 0) is 25.5 Å². The van der Waals surface area contributed by atoms with Crippen molar-refractivity contribution >= 4 is 11.9 Å². The summed E-state index contributed by atoms with van der Waals surface area (Å²) in [6.07, 6.45) is 1.03. The van der Waals surface area contributed by atoms with E-state index in [2.05, 4.69) is 10.6 Å². The number of amides is 1. The number of carboxylic acid groups (broad SMARTS) is 1. The highest BCUT2D eigenvalue weighted by molar-refractivity contribution is 5.87. The zero-order valence-electron chi connectivity index (χ0n) is 11.6. The van der Waals surface area contributed by atoms with E-state index in [1.807, 2.05) is 37.3 Å². The molecule has 0 aliphatic carbocycles. The van der Waals surface area contributed by atoms with Gasteiger partial charge < -0.3 is 15.7 Å². The van der Waals surface area contributed by atoms with Crippen LogP contribution in [-0.2, 0) is 16.0 Å². The number of hydrogen-bond acceptors (Lipinski definition) is 3. The number of benzene rings is 1. The zero-order valence-corrected chi connectivity index (χ0v) is 11.6. The first-order valence-corrected chi connectivity index (χ1v) is 6.80. The lowest BCUT2D eigenvalue weighted by Gasteiger charge is -2.24. The van der Waals surface area contributed by atoms with Crippen LogP contribution in [0.15, 0.2) is 30.3 Å². The Hall–Kier alpha value is -1.88. The molecule has 1 aliphatic heterocycles. The molecule has 0 spiro atoms. The normalized spacial score (nSPS) is 23.2. The van der Waals surface area contributed by atoms with Gasteiger partial charge in [-0.3, -0.25) is 4.79 Å². The van der Waals surface area contributed by atoms with Crippen LogP contribution in [0.25, 0.3) is 0 Å². The first-order chi connectivity index (χ1) is 9.51. The van der Waals surface area contributed by atoms with Crippen molar-refractivity contribution in [1.82, 2.24) is 10.6 Å². The second kappa shape index (κ2) is 6.05. The van der Waals surface area contributed by atoms with E-state index in [1.165, 1.54) is 0 Å². The van der Waals surface area contributed by atoms with E-state index in [9.17, 15) is 14.7 Å². The number of carboxylic acids is 1. The molecular weight excluding hydrogens is 256 g/mol. The highest BCUT2D eigenvalue weighted by Crippen LogP contribution is 2.24. The minimum atomic E-state index is -1.00. The fourth-order valence-electron chi connectivity index (χ4n) is 2.39. The van der Waals surface area contributed by atoms with E-state index in [-0.39, 0.29) is 5.91 Å². The van der Waals surface area contributed by atoms with Gasteiger partial charge in [0.05, 0.1) is 5.41 Å². The van der Waals surface area contributed by atoms with E-state index < -0.39 is 17.4 Å². The van der Waals surface area contributed by atoms with E-state index in [1.54, 1.807) is 0 Å². The molecule has 5 nitrogen and oxygen atoms in total. The average molecular weight is 276 g/mol. The number of nitrogens with one attached hydrogen (secondary N) is 2. The molecular formula is C15H20N2O3. The fourth-order valence-corrected chi connectivity index (χ4v) is 2.39. The minimum absolute atomic E-state index is 0.189. The maximum absolute atomic E-state index is 12.3. The van der Waals surface area contributed by atoms with Crippen LogP contribution in [0.1, 0.15) is 18.9 Å². The Balaban J connectivity index is 2.02. The molecule has 20 heavy (non-hydrogen) atoms. The molecule has 1 fully saturated rings. The fraction of sp³-hybridized carbons (Fsp3) is 0.467. The van der Waals surface area contributed by atoms with Crippen LogP contribution in [-0.4, -0.2) is 36.1 Å². The van der Waals surface area contributed by atoms with Gasteiger partial charge in [0.15, 0.2) is 0 Å². The predicted molar refractivity (Wildman–Crippen MR) is 75.3 cm³/mol. The van der Waals surface area contributed by atoms with Gasteiger partial charge in [-0.25, -0.2) is 4.79 Å². The van der Waals surface area contributed by atoms with Gasteiger partial charge in [0.25, 0.3) is 0 Å². The summed E-state index contributed by atoms with van der Waals surface area (Å²) < 4.78 is 0. The van der Waals surface area contributed by atoms with Gasteiger partial charge in [0.2, 0.25) is 5.91 Å². The molecule has 2 rings (SSSR count). The molecule has 1 saturated heterocycles. The topological polar surface area (TPSA) is 78.4 Å². The van der Waals surface area contributed by atoms with Crippen molar-refractivity contribution in [3.05, 3.63) is 35.9 Å². The summed E-state index contributed by atoms with van der Waals surface area (Å²) in [6.45, 7) is 3.25. The van der Waals surface area contributed by atoms with E-state index in [0.717, 1.165) is 18.5 Å². The third-order valence-corrected chi connectivity index (χ3v) is 3.80. The van der Waals surface area contributed by atoms with E-state index >= 15 is 0 Å². The Morgan fingerprint density at radius 1 is 1.40 bits per heavy atom. The maximum atomic E-state index is 12.3. The summed E-state index contributed by atoms with van der Waals surface area (Å²) in [5.74, 6) is -1.19. The first-order valence-electron chi connectivity index (χ1n) is 6.80. The molecule has 0 bridgehead atoms. The summed E-state index contributed by atoms with van der Waals surface area (Å²) in [5, 5.41) is 15.1. The smallest absolute Gasteiger partial charge is 0.326 e. The average Bonchev–Trinajstić information content (AvgIpc) is 2.87. The molecule has 0 radical (unpaired) electrons. The third-order valence-electron chi connectivity index (χ3n) is 3.80. The zero-order chi connectivity index (χ0) is 14.6. The standard InChI is InChI=1S/C15H20N2O3/c1-15(7-8-16-10-15)14(20)17-12(13(18)19)9-11-5-3-2-4-6-11/h2-6,12,16H,7-10H2,1H3,(H,17,20)(H,18,19)/t12-,15?/m0/s1. The van der Waals surface area contributed by atoms with Crippen LogP contribution < -0.4 is 10.6 Å². The molecule has 2 atom stereocenters. The van der Waals surface area contributed by atoms with Gasteiger partial charge >= 0.3 is 5.97 Å². The predicted octanol–water partition coefficient (Wildman–Crippen LogP) is 0.798. The maximum Gasteiger partial charge on any atom is 0.326 e. The van der Waals surface area contributed by atoms with Crippen LogP contribution in [0.2, 0.25) is 0 Å². The van der Waals surface area contributed by atoms with Crippen LogP contribution in [0.5, 0.6) is 0 Å². The number of hydrogen-bond donors (Lipinski definition) is 3. The highest BCUT2D eigenvalue weighted by atomic mass is 16.4. The van der Waals surface area contributed by atoms with Crippen molar-refractivity contribution in [2.24, 2.45) is 5.41 Å². The molecule has 3 N–H and O–H groups in total. The molecule has 1 amide bonds. The van der Waals surface area contributed by atoms with Crippen LogP contribution in [0.3, 0.4) is 0 Å². The van der Waals surface area contributed by atoms with Crippen molar-refractivity contribution in [2.75, 3.05) is 13.1 Å². The molecule has 1 heterocycles. The quantitative estimate of drug-likeness (QED) is 0.743. The third kappa shape index (κ3) is 3.36. The number of aliphatic carboxylic acids is 1. The van der Waals surface area contributed by atoms with Crippen LogP contribution in [0.4, 0.5) is 0 Å². The first kappa shape index (κ1) is 14.5. The molecule has 1 aromatic carbocycles. The summed E-state index contributed by atoms with van der Waals surface area (Å²) in [7, 11) is 0. The molecule has 1 aliphatic rings. The Labute approximate surface area is 118 Å². The lowest BCUT2D eigenvalue weighted by Crippen LogP contribution is -2.49. The highest BCUT2D eigenvalue weighted by Gasteiger charge is 2.38. The molecule has 0 aromatic heterocycles. The van der Waals surface area contributed by atoms with Crippen molar-refractivity contribution in [1.29, 1.82) is 0 Å². The summed E-state index contributed by atoms with van der Waals surface area (Å²) in [6, 6.07) is 8.43. The number of rotatable bonds is 5. The van der Waals surface area contributed by atoms with Gasteiger partial charge in [-0.15, -0.1) is 0 Å². The Morgan fingerprint density at radius 2 is 2.10 bits per heavy atom. The summed E-state index contributed by atoms with van der Waals surface area (Å²) in [5.41, 5.74) is 0.389. The minimum Gasteiger partial charge on any atom is -0.480 e. The van der Waals surface area contributed by atoms with Gasteiger partial charge in [-0.2, -0.15) is 0 Å². The van der Waals surface area contributed by atoms with E-state index in [0.29, 0.717) is 13.0 Å². The Morgan fingerprint density at radius 3 is 2.65 bits per heavy atom. The lowest BCUT2D eigenvalue weighted by molar-refractivity contribution is -0.143. The van der Waals surface area contributed by atoms with Crippen LogP contribution in [0, 0.1) is 5.41 Å². The number of carbonyl (C=O) groups is 2. The SMILES string of the molecule is CC1(C(=O)N[C@@H](Cc2ccccc2)C(=O)O)CCNC1. The number of carbonyl (C=O) groups excluding carboxylic acids is 1. The second-order valence-electron chi connectivity index (χ2n) is 5.54. The summed E-state index contributed by atoms with van der Waals surface area (Å²) in [4.78, 5) is 23.6. The van der Waals surface area contributed by atoms with E-state index in [4.69, 9.17) is 0 Å². The molecule has 0 saturated carbocycles.